The van der Waals surface area contributed by atoms with Crippen LogP contribution in [0.15, 0.2) is 17.0 Å². The van der Waals surface area contributed by atoms with Crippen molar-refractivity contribution in [2.24, 2.45) is 5.14 Å². The SMILES string of the molecule is NS(=O)(=O)c1ccc(Cl)c(Cl)c1NC1CC1. The molecule has 88 valence electrons. The molecular formula is C9H10Cl2N2O2S. The van der Waals surface area contributed by atoms with E-state index in [9.17, 15) is 8.42 Å². The molecule has 0 heterocycles. The van der Waals surface area contributed by atoms with Crippen molar-refractivity contribution in [2.75, 3.05) is 5.32 Å². The van der Waals surface area contributed by atoms with Gasteiger partial charge in [-0.15, -0.1) is 0 Å². The largest absolute Gasteiger partial charge is 0.380 e. The lowest BCUT2D eigenvalue weighted by Gasteiger charge is -2.12. The summed E-state index contributed by atoms with van der Waals surface area (Å²) in [6.45, 7) is 0. The predicted molar refractivity (Wildman–Crippen MR) is 64.5 cm³/mol. The van der Waals surface area contributed by atoms with E-state index in [0.717, 1.165) is 12.8 Å². The quantitative estimate of drug-likeness (QED) is 0.892. The summed E-state index contributed by atoms with van der Waals surface area (Å²) in [6, 6.07) is 3.03. The summed E-state index contributed by atoms with van der Waals surface area (Å²) in [5.41, 5.74) is 0.305. The molecule has 16 heavy (non-hydrogen) atoms. The molecule has 0 aromatic heterocycles. The van der Waals surface area contributed by atoms with Gasteiger partial charge in [-0.1, -0.05) is 23.2 Å². The maximum absolute atomic E-state index is 11.4. The Bertz CT molecular complexity index is 527. The van der Waals surface area contributed by atoms with Gasteiger partial charge in [-0.3, -0.25) is 0 Å². The molecule has 0 bridgehead atoms. The van der Waals surface area contributed by atoms with E-state index in [1.54, 1.807) is 0 Å². The fourth-order valence-electron chi connectivity index (χ4n) is 1.34. The molecule has 0 radical (unpaired) electrons. The van der Waals surface area contributed by atoms with Crippen LogP contribution in [-0.2, 0) is 10.0 Å². The number of anilines is 1. The van der Waals surface area contributed by atoms with Crippen molar-refractivity contribution in [1.82, 2.24) is 0 Å². The minimum absolute atomic E-state index is 0.0196. The normalized spacial score (nSPS) is 16.2. The highest BCUT2D eigenvalue weighted by Gasteiger charge is 2.26. The van der Waals surface area contributed by atoms with Gasteiger partial charge in [-0.05, 0) is 25.0 Å². The van der Waals surface area contributed by atoms with Crippen molar-refractivity contribution in [1.29, 1.82) is 0 Å². The topological polar surface area (TPSA) is 72.2 Å². The smallest absolute Gasteiger partial charge is 0.240 e. The monoisotopic (exact) mass is 280 g/mol. The standard InChI is InChI=1S/C9H10Cl2N2O2S/c10-6-3-4-7(16(12,14)15)9(8(6)11)13-5-1-2-5/h3-5,13H,1-2H2,(H2,12,14,15). The number of nitrogens with two attached hydrogens (primary N) is 1. The average Bonchev–Trinajstić information content (AvgIpc) is 2.95. The Balaban J connectivity index is 2.54. The van der Waals surface area contributed by atoms with Crippen LogP contribution in [0, 0.1) is 0 Å². The molecule has 0 aliphatic heterocycles. The summed E-state index contributed by atoms with van der Waals surface area (Å²) in [7, 11) is -3.80. The van der Waals surface area contributed by atoms with Gasteiger partial charge in [0.25, 0.3) is 0 Å². The molecular weight excluding hydrogens is 271 g/mol. The fourth-order valence-corrected chi connectivity index (χ4v) is 2.47. The first-order valence-corrected chi connectivity index (χ1v) is 6.97. The van der Waals surface area contributed by atoms with Gasteiger partial charge >= 0.3 is 0 Å². The van der Waals surface area contributed by atoms with Gasteiger partial charge in [0, 0.05) is 6.04 Å². The molecule has 1 saturated carbocycles. The van der Waals surface area contributed by atoms with Crippen molar-refractivity contribution in [3.05, 3.63) is 22.2 Å². The Morgan fingerprint density at radius 2 is 1.94 bits per heavy atom. The molecule has 1 aromatic rings. The van der Waals surface area contributed by atoms with Crippen LogP contribution in [0.25, 0.3) is 0 Å². The molecule has 1 aliphatic rings. The minimum Gasteiger partial charge on any atom is -0.380 e. The van der Waals surface area contributed by atoms with Crippen molar-refractivity contribution in [3.8, 4) is 0 Å². The first-order valence-electron chi connectivity index (χ1n) is 4.67. The van der Waals surface area contributed by atoms with Crippen LogP contribution in [-0.4, -0.2) is 14.5 Å². The fraction of sp³-hybridized carbons (Fsp3) is 0.333. The van der Waals surface area contributed by atoms with E-state index in [2.05, 4.69) is 5.32 Å². The highest BCUT2D eigenvalue weighted by atomic mass is 35.5. The number of benzene rings is 1. The summed E-state index contributed by atoms with van der Waals surface area (Å²) < 4.78 is 22.7. The van der Waals surface area contributed by atoms with Crippen LogP contribution < -0.4 is 10.5 Å². The lowest BCUT2D eigenvalue weighted by molar-refractivity contribution is 0.598. The Labute approximate surface area is 104 Å². The number of primary sulfonamides is 1. The van der Waals surface area contributed by atoms with E-state index < -0.39 is 10.0 Å². The predicted octanol–water partition coefficient (Wildman–Crippen LogP) is 2.22. The molecule has 1 fully saturated rings. The molecule has 0 atom stereocenters. The molecule has 1 aliphatic carbocycles. The zero-order valence-corrected chi connectivity index (χ0v) is 10.5. The maximum Gasteiger partial charge on any atom is 0.240 e. The van der Waals surface area contributed by atoms with Gasteiger partial charge in [-0.25, -0.2) is 13.6 Å². The van der Waals surface area contributed by atoms with Crippen molar-refractivity contribution in [3.63, 3.8) is 0 Å². The van der Waals surface area contributed by atoms with E-state index in [-0.39, 0.29) is 16.0 Å². The van der Waals surface area contributed by atoms with Crippen LogP contribution in [0.2, 0.25) is 10.0 Å². The third-order valence-electron chi connectivity index (χ3n) is 2.29. The number of hydrogen-bond donors (Lipinski definition) is 2. The summed E-state index contributed by atoms with van der Waals surface area (Å²) in [4.78, 5) is -0.0196. The Morgan fingerprint density at radius 1 is 1.31 bits per heavy atom. The molecule has 0 spiro atoms. The molecule has 2 rings (SSSR count). The van der Waals surface area contributed by atoms with E-state index in [0.29, 0.717) is 10.7 Å². The molecule has 3 N–H and O–H groups in total. The maximum atomic E-state index is 11.4. The Morgan fingerprint density at radius 3 is 2.44 bits per heavy atom. The van der Waals surface area contributed by atoms with Crippen LogP contribution in [0.4, 0.5) is 5.69 Å². The highest BCUT2D eigenvalue weighted by Crippen LogP contribution is 2.38. The van der Waals surface area contributed by atoms with Crippen LogP contribution in [0.5, 0.6) is 0 Å². The lowest BCUT2D eigenvalue weighted by atomic mass is 10.3. The van der Waals surface area contributed by atoms with Gasteiger partial charge in [0.15, 0.2) is 0 Å². The number of rotatable bonds is 3. The van der Waals surface area contributed by atoms with Crippen molar-refractivity contribution >= 4 is 38.9 Å². The summed E-state index contributed by atoms with van der Waals surface area (Å²) >= 11 is 11.8. The number of sulfonamides is 1. The first kappa shape index (κ1) is 12.0. The summed E-state index contributed by atoms with van der Waals surface area (Å²) in [5, 5.41) is 8.63. The summed E-state index contributed by atoms with van der Waals surface area (Å²) in [5.74, 6) is 0. The third kappa shape index (κ3) is 2.43. The van der Waals surface area contributed by atoms with Gasteiger partial charge in [0.2, 0.25) is 10.0 Å². The molecule has 0 unspecified atom stereocenters. The summed E-state index contributed by atoms with van der Waals surface area (Å²) in [6.07, 6.45) is 1.99. The zero-order valence-electron chi connectivity index (χ0n) is 8.20. The van der Waals surface area contributed by atoms with E-state index in [4.69, 9.17) is 28.3 Å². The Hall–Kier alpha value is -0.490. The molecule has 7 heteroatoms. The number of hydrogen-bond acceptors (Lipinski definition) is 3. The van der Waals surface area contributed by atoms with Crippen molar-refractivity contribution < 1.29 is 8.42 Å². The van der Waals surface area contributed by atoms with Crippen LogP contribution >= 0.6 is 23.2 Å². The molecule has 4 nitrogen and oxygen atoms in total. The van der Waals surface area contributed by atoms with E-state index in [1.807, 2.05) is 0 Å². The lowest BCUT2D eigenvalue weighted by Crippen LogP contribution is -2.16. The van der Waals surface area contributed by atoms with Crippen LogP contribution in [0.1, 0.15) is 12.8 Å². The third-order valence-corrected chi connectivity index (χ3v) is 4.05. The zero-order chi connectivity index (χ0) is 11.9. The number of halogens is 2. The molecule has 0 saturated heterocycles. The molecule has 1 aromatic carbocycles. The Kier molecular flexibility index (Phi) is 3.05. The van der Waals surface area contributed by atoms with Crippen LogP contribution in [0.3, 0.4) is 0 Å². The van der Waals surface area contributed by atoms with Gasteiger partial charge in [0.1, 0.15) is 4.90 Å². The second kappa shape index (κ2) is 4.07. The molecule has 0 amide bonds. The van der Waals surface area contributed by atoms with Gasteiger partial charge in [0.05, 0.1) is 15.7 Å². The second-order valence-electron chi connectivity index (χ2n) is 3.70. The highest BCUT2D eigenvalue weighted by molar-refractivity contribution is 7.89. The number of nitrogens with one attached hydrogen (secondary N) is 1. The van der Waals surface area contributed by atoms with Gasteiger partial charge < -0.3 is 5.32 Å². The van der Waals surface area contributed by atoms with E-state index >= 15 is 0 Å². The van der Waals surface area contributed by atoms with Crippen molar-refractivity contribution in [2.45, 2.75) is 23.8 Å². The average molecular weight is 281 g/mol. The van der Waals surface area contributed by atoms with Gasteiger partial charge in [-0.2, -0.15) is 0 Å². The second-order valence-corrected chi connectivity index (χ2v) is 6.01. The van der Waals surface area contributed by atoms with E-state index in [1.165, 1.54) is 12.1 Å². The first-order chi connectivity index (χ1) is 7.39. The minimum atomic E-state index is -3.80.